The van der Waals surface area contributed by atoms with E-state index in [-0.39, 0.29) is 0 Å². The fraction of sp³-hybridized carbons (Fsp3) is 0.545. The van der Waals surface area contributed by atoms with E-state index in [0.717, 1.165) is 38.6 Å². The SMILES string of the molecule is CN=C(NCc1ccc(Cn2ccnc2)cc1)NCC1(CCOC)CCCC1. The van der Waals surface area contributed by atoms with Crippen LogP contribution >= 0.6 is 0 Å². The molecule has 1 aromatic heterocycles. The monoisotopic (exact) mass is 383 g/mol. The first-order valence-electron chi connectivity index (χ1n) is 10.2. The first-order chi connectivity index (χ1) is 13.7. The number of nitrogens with one attached hydrogen (secondary N) is 2. The first kappa shape index (κ1) is 20.4. The number of guanidine groups is 1. The van der Waals surface area contributed by atoms with Crippen molar-refractivity contribution < 1.29 is 4.74 Å². The molecule has 28 heavy (non-hydrogen) atoms. The second kappa shape index (κ2) is 10.3. The molecule has 0 spiro atoms. The van der Waals surface area contributed by atoms with Crippen LogP contribution < -0.4 is 10.6 Å². The molecule has 6 heteroatoms. The van der Waals surface area contributed by atoms with Crippen molar-refractivity contribution in [3.8, 4) is 0 Å². The van der Waals surface area contributed by atoms with E-state index in [0.29, 0.717) is 5.41 Å². The van der Waals surface area contributed by atoms with Crippen LogP contribution in [0.5, 0.6) is 0 Å². The van der Waals surface area contributed by atoms with Crippen LogP contribution in [0.1, 0.15) is 43.2 Å². The molecular weight excluding hydrogens is 350 g/mol. The third kappa shape index (κ3) is 5.83. The number of methoxy groups -OCH3 is 1. The van der Waals surface area contributed by atoms with Crippen molar-refractivity contribution in [3.63, 3.8) is 0 Å². The Labute approximate surface area is 168 Å². The van der Waals surface area contributed by atoms with Crippen LogP contribution in [0, 0.1) is 5.41 Å². The Morgan fingerprint density at radius 1 is 1.18 bits per heavy atom. The van der Waals surface area contributed by atoms with Crippen molar-refractivity contribution in [2.75, 3.05) is 27.3 Å². The molecular formula is C22H33N5O. The second-order valence-electron chi connectivity index (χ2n) is 7.78. The van der Waals surface area contributed by atoms with E-state index < -0.39 is 0 Å². The quantitative estimate of drug-likeness (QED) is 0.516. The van der Waals surface area contributed by atoms with E-state index in [1.165, 1.54) is 36.8 Å². The summed E-state index contributed by atoms with van der Waals surface area (Å²) in [4.78, 5) is 8.48. The molecule has 0 atom stereocenters. The highest BCUT2D eigenvalue weighted by Crippen LogP contribution is 2.40. The Morgan fingerprint density at radius 3 is 2.57 bits per heavy atom. The minimum atomic E-state index is 0.350. The molecule has 152 valence electrons. The van der Waals surface area contributed by atoms with Gasteiger partial charge in [0.2, 0.25) is 0 Å². The number of hydrogen-bond donors (Lipinski definition) is 2. The maximum atomic E-state index is 5.33. The zero-order valence-electron chi connectivity index (χ0n) is 17.2. The second-order valence-corrected chi connectivity index (χ2v) is 7.78. The molecule has 2 aromatic rings. The molecule has 6 nitrogen and oxygen atoms in total. The van der Waals surface area contributed by atoms with Gasteiger partial charge in [0.1, 0.15) is 0 Å². The fourth-order valence-corrected chi connectivity index (χ4v) is 3.99. The molecule has 1 saturated carbocycles. The minimum Gasteiger partial charge on any atom is -0.385 e. The summed E-state index contributed by atoms with van der Waals surface area (Å²) in [5, 5.41) is 6.99. The number of hydrogen-bond acceptors (Lipinski definition) is 3. The molecule has 1 heterocycles. The summed E-state index contributed by atoms with van der Waals surface area (Å²) < 4.78 is 7.40. The van der Waals surface area contributed by atoms with Gasteiger partial charge in [-0.15, -0.1) is 0 Å². The highest BCUT2D eigenvalue weighted by Gasteiger charge is 2.33. The minimum absolute atomic E-state index is 0.350. The van der Waals surface area contributed by atoms with Crippen LogP contribution in [-0.4, -0.2) is 42.8 Å². The van der Waals surface area contributed by atoms with Gasteiger partial charge in [-0.3, -0.25) is 4.99 Å². The first-order valence-corrected chi connectivity index (χ1v) is 10.2. The van der Waals surface area contributed by atoms with Gasteiger partial charge in [-0.25, -0.2) is 4.98 Å². The van der Waals surface area contributed by atoms with Gasteiger partial charge >= 0.3 is 0 Å². The fourth-order valence-electron chi connectivity index (χ4n) is 3.99. The topological polar surface area (TPSA) is 63.5 Å². The van der Waals surface area contributed by atoms with Gasteiger partial charge in [0.15, 0.2) is 5.96 Å². The van der Waals surface area contributed by atoms with Crippen molar-refractivity contribution >= 4 is 5.96 Å². The van der Waals surface area contributed by atoms with Gasteiger partial charge in [0, 0.05) is 52.8 Å². The van der Waals surface area contributed by atoms with Crippen LogP contribution in [0.3, 0.4) is 0 Å². The van der Waals surface area contributed by atoms with Gasteiger partial charge < -0.3 is 19.9 Å². The van der Waals surface area contributed by atoms with Crippen LogP contribution in [0.15, 0.2) is 48.0 Å². The summed E-state index contributed by atoms with van der Waals surface area (Å²) in [6, 6.07) is 8.68. The third-order valence-electron chi connectivity index (χ3n) is 5.76. The van der Waals surface area contributed by atoms with Crippen LogP contribution in [0.25, 0.3) is 0 Å². The Hall–Kier alpha value is -2.34. The predicted octanol–water partition coefficient (Wildman–Crippen LogP) is 3.19. The van der Waals surface area contributed by atoms with Gasteiger partial charge in [-0.1, -0.05) is 37.1 Å². The Bertz CT molecular complexity index is 718. The molecule has 1 aromatic carbocycles. The van der Waals surface area contributed by atoms with Crippen LogP contribution in [0.2, 0.25) is 0 Å². The van der Waals surface area contributed by atoms with Gasteiger partial charge in [0.05, 0.1) is 6.33 Å². The lowest BCUT2D eigenvalue weighted by molar-refractivity contribution is 0.138. The summed E-state index contributed by atoms with van der Waals surface area (Å²) in [6.45, 7) is 3.40. The Morgan fingerprint density at radius 2 is 1.93 bits per heavy atom. The van der Waals surface area contributed by atoms with Gasteiger partial charge in [-0.05, 0) is 35.8 Å². The zero-order valence-corrected chi connectivity index (χ0v) is 17.2. The van der Waals surface area contributed by atoms with Gasteiger partial charge in [0.25, 0.3) is 0 Å². The normalized spacial score (nSPS) is 16.3. The van der Waals surface area contributed by atoms with Crippen molar-refractivity contribution in [2.45, 2.75) is 45.2 Å². The maximum Gasteiger partial charge on any atom is 0.191 e. The van der Waals surface area contributed by atoms with E-state index in [1.807, 2.05) is 25.8 Å². The molecule has 0 aliphatic heterocycles. The molecule has 0 amide bonds. The summed E-state index contributed by atoms with van der Waals surface area (Å²) in [7, 11) is 3.62. The summed E-state index contributed by atoms with van der Waals surface area (Å²) in [5.41, 5.74) is 2.86. The summed E-state index contributed by atoms with van der Waals surface area (Å²) >= 11 is 0. The molecule has 1 aliphatic rings. The van der Waals surface area contributed by atoms with E-state index >= 15 is 0 Å². The molecule has 0 saturated heterocycles. The smallest absolute Gasteiger partial charge is 0.191 e. The molecule has 0 unspecified atom stereocenters. The lowest BCUT2D eigenvalue weighted by Gasteiger charge is -2.30. The number of imidazole rings is 1. The number of rotatable bonds is 9. The number of benzene rings is 1. The zero-order chi connectivity index (χ0) is 19.7. The van der Waals surface area contributed by atoms with E-state index in [2.05, 4.69) is 49.4 Å². The van der Waals surface area contributed by atoms with E-state index in [9.17, 15) is 0 Å². The summed E-state index contributed by atoms with van der Waals surface area (Å²) in [6.07, 6.45) is 11.9. The van der Waals surface area contributed by atoms with E-state index in [4.69, 9.17) is 4.74 Å². The Balaban J connectivity index is 1.47. The number of nitrogens with zero attached hydrogens (tertiary/aromatic N) is 3. The maximum absolute atomic E-state index is 5.33. The molecule has 0 bridgehead atoms. The van der Waals surface area contributed by atoms with Gasteiger partial charge in [-0.2, -0.15) is 0 Å². The number of aromatic nitrogens is 2. The lowest BCUT2D eigenvalue weighted by atomic mass is 9.83. The Kier molecular flexibility index (Phi) is 7.48. The van der Waals surface area contributed by atoms with Crippen LogP contribution in [0.4, 0.5) is 0 Å². The van der Waals surface area contributed by atoms with Crippen molar-refractivity contribution in [1.82, 2.24) is 20.2 Å². The molecule has 1 aliphatic carbocycles. The molecule has 3 rings (SSSR count). The molecule has 0 radical (unpaired) electrons. The highest BCUT2D eigenvalue weighted by atomic mass is 16.5. The predicted molar refractivity (Wildman–Crippen MR) is 113 cm³/mol. The third-order valence-corrected chi connectivity index (χ3v) is 5.76. The number of ether oxygens (including phenoxy) is 1. The standard InChI is InChI=1S/C22H33N5O/c1-23-21(26-17-22(11-14-28-2)9-3-4-10-22)25-15-19-5-7-20(8-6-19)16-27-13-12-24-18-27/h5-8,12-13,18H,3-4,9-11,14-17H2,1-2H3,(H2,23,25,26). The van der Waals surface area contributed by atoms with Crippen molar-refractivity contribution in [3.05, 3.63) is 54.1 Å². The highest BCUT2D eigenvalue weighted by molar-refractivity contribution is 5.79. The number of aliphatic imine (C=N–C) groups is 1. The van der Waals surface area contributed by atoms with E-state index in [1.54, 1.807) is 7.11 Å². The lowest BCUT2D eigenvalue weighted by Crippen LogP contribution is -2.43. The average molecular weight is 384 g/mol. The molecule has 1 fully saturated rings. The molecule has 2 N–H and O–H groups in total. The summed E-state index contributed by atoms with van der Waals surface area (Å²) in [5.74, 6) is 0.867. The average Bonchev–Trinajstić information content (AvgIpc) is 3.40. The van der Waals surface area contributed by atoms with Crippen molar-refractivity contribution in [2.24, 2.45) is 10.4 Å². The van der Waals surface area contributed by atoms with Crippen molar-refractivity contribution in [1.29, 1.82) is 0 Å². The largest absolute Gasteiger partial charge is 0.385 e. The van der Waals surface area contributed by atoms with Crippen LogP contribution in [-0.2, 0) is 17.8 Å².